The van der Waals surface area contributed by atoms with E-state index in [4.69, 9.17) is 11.6 Å². The van der Waals surface area contributed by atoms with Gasteiger partial charge >= 0.3 is 0 Å². The molecule has 2 aromatic carbocycles. The van der Waals surface area contributed by atoms with E-state index in [2.05, 4.69) is 20.8 Å². The number of benzene rings is 2. The Hall–Kier alpha value is -2.45. The standard InChI is InChI=1S/C17H15ClFN5OS/c1-10-4-3-5-11(2)16(10)24-17(21-22-23-24)26-9-15(25)20-14-7-6-12(19)8-13(14)18/h3-8H,9H2,1-2H3,(H,20,25). The van der Waals surface area contributed by atoms with Crippen molar-refractivity contribution >= 4 is 35.0 Å². The molecular weight excluding hydrogens is 377 g/mol. The van der Waals surface area contributed by atoms with Crippen LogP contribution in [0.1, 0.15) is 11.1 Å². The van der Waals surface area contributed by atoms with Gasteiger partial charge in [-0.1, -0.05) is 41.6 Å². The number of thioether (sulfide) groups is 1. The Labute approximate surface area is 158 Å². The zero-order valence-electron chi connectivity index (χ0n) is 14.0. The minimum Gasteiger partial charge on any atom is -0.324 e. The molecule has 0 radical (unpaired) electrons. The fourth-order valence-electron chi connectivity index (χ4n) is 2.46. The van der Waals surface area contributed by atoms with Gasteiger partial charge in [-0.25, -0.2) is 4.39 Å². The molecule has 0 aliphatic carbocycles. The van der Waals surface area contributed by atoms with Gasteiger partial charge in [0.2, 0.25) is 11.1 Å². The molecular formula is C17H15ClFN5OS. The Morgan fingerprint density at radius 2 is 2.00 bits per heavy atom. The van der Waals surface area contributed by atoms with Crippen LogP contribution in [0.4, 0.5) is 10.1 Å². The highest BCUT2D eigenvalue weighted by Crippen LogP contribution is 2.25. The van der Waals surface area contributed by atoms with Crippen molar-refractivity contribution in [3.05, 3.63) is 58.4 Å². The number of para-hydroxylation sites is 1. The second-order valence-corrected chi connectivity index (χ2v) is 6.92. The van der Waals surface area contributed by atoms with Crippen LogP contribution >= 0.6 is 23.4 Å². The highest BCUT2D eigenvalue weighted by atomic mass is 35.5. The topological polar surface area (TPSA) is 72.7 Å². The summed E-state index contributed by atoms with van der Waals surface area (Å²) in [6.07, 6.45) is 0. The summed E-state index contributed by atoms with van der Waals surface area (Å²) < 4.78 is 14.7. The molecule has 0 saturated heterocycles. The van der Waals surface area contributed by atoms with Crippen molar-refractivity contribution in [3.63, 3.8) is 0 Å². The van der Waals surface area contributed by atoms with Crippen molar-refractivity contribution in [2.75, 3.05) is 11.1 Å². The second kappa shape index (κ2) is 7.84. The summed E-state index contributed by atoms with van der Waals surface area (Å²) in [7, 11) is 0. The molecule has 6 nitrogen and oxygen atoms in total. The monoisotopic (exact) mass is 391 g/mol. The molecule has 0 fully saturated rings. The summed E-state index contributed by atoms with van der Waals surface area (Å²) in [6.45, 7) is 3.95. The van der Waals surface area contributed by atoms with Gasteiger partial charge in [0, 0.05) is 0 Å². The maximum Gasteiger partial charge on any atom is 0.234 e. The summed E-state index contributed by atoms with van der Waals surface area (Å²) in [5.41, 5.74) is 3.30. The summed E-state index contributed by atoms with van der Waals surface area (Å²) in [5, 5.41) is 15.0. The van der Waals surface area contributed by atoms with Gasteiger partial charge in [-0.2, -0.15) is 4.68 Å². The molecule has 0 atom stereocenters. The van der Waals surface area contributed by atoms with E-state index in [0.29, 0.717) is 10.8 Å². The number of nitrogens with zero attached hydrogens (tertiary/aromatic N) is 4. The summed E-state index contributed by atoms with van der Waals surface area (Å²) in [4.78, 5) is 12.2. The van der Waals surface area contributed by atoms with E-state index in [0.717, 1.165) is 22.9 Å². The van der Waals surface area contributed by atoms with Gasteiger partial charge < -0.3 is 5.32 Å². The number of halogens is 2. The van der Waals surface area contributed by atoms with Gasteiger partial charge in [-0.05, 0) is 53.6 Å². The third kappa shape index (κ3) is 4.03. The van der Waals surface area contributed by atoms with E-state index >= 15 is 0 Å². The first-order valence-electron chi connectivity index (χ1n) is 7.68. The van der Waals surface area contributed by atoms with Crippen LogP contribution in [0.3, 0.4) is 0 Å². The number of carbonyl (C=O) groups excluding carboxylic acids is 1. The van der Waals surface area contributed by atoms with E-state index in [9.17, 15) is 9.18 Å². The molecule has 0 aliphatic rings. The largest absolute Gasteiger partial charge is 0.324 e. The molecule has 3 aromatic rings. The predicted octanol–water partition coefficient (Wildman–Crippen LogP) is 3.80. The van der Waals surface area contributed by atoms with Crippen molar-refractivity contribution in [2.24, 2.45) is 0 Å². The van der Waals surface area contributed by atoms with Crippen LogP contribution in [0.2, 0.25) is 5.02 Å². The van der Waals surface area contributed by atoms with E-state index in [1.54, 1.807) is 4.68 Å². The minimum atomic E-state index is -0.463. The van der Waals surface area contributed by atoms with Gasteiger partial charge in [-0.3, -0.25) is 4.79 Å². The van der Waals surface area contributed by atoms with Crippen molar-refractivity contribution < 1.29 is 9.18 Å². The Bertz CT molecular complexity index is 942. The zero-order valence-corrected chi connectivity index (χ0v) is 15.6. The van der Waals surface area contributed by atoms with Crippen molar-refractivity contribution in [3.8, 4) is 5.69 Å². The third-order valence-electron chi connectivity index (χ3n) is 3.63. The lowest BCUT2D eigenvalue weighted by Gasteiger charge is -2.10. The average molecular weight is 392 g/mol. The van der Waals surface area contributed by atoms with Crippen molar-refractivity contribution in [1.82, 2.24) is 20.2 Å². The fourth-order valence-corrected chi connectivity index (χ4v) is 3.35. The zero-order chi connectivity index (χ0) is 18.7. The van der Waals surface area contributed by atoms with Crippen LogP contribution in [0.25, 0.3) is 5.69 Å². The first-order valence-corrected chi connectivity index (χ1v) is 9.04. The number of nitrogens with one attached hydrogen (secondary N) is 1. The molecule has 0 bridgehead atoms. The Balaban J connectivity index is 1.71. The Morgan fingerprint density at radius 1 is 1.27 bits per heavy atom. The van der Waals surface area contributed by atoms with E-state index in [-0.39, 0.29) is 16.7 Å². The normalized spacial score (nSPS) is 10.8. The quantitative estimate of drug-likeness (QED) is 0.669. The molecule has 134 valence electrons. The van der Waals surface area contributed by atoms with Crippen LogP contribution in [-0.2, 0) is 4.79 Å². The van der Waals surface area contributed by atoms with E-state index in [1.165, 1.54) is 23.9 Å². The Morgan fingerprint density at radius 3 is 2.69 bits per heavy atom. The third-order valence-corrected chi connectivity index (χ3v) is 4.86. The maximum atomic E-state index is 13.1. The van der Waals surface area contributed by atoms with Crippen LogP contribution in [0.15, 0.2) is 41.6 Å². The molecule has 0 unspecified atom stereocenters. The number of amides is 1. The molecule has 3 rings (SSSR count). The first-order chi connectivity index (χ1) is 12.5. The van der Waals surface area contributed by atoms with E-state index in [1.807, 2.05) is 32.0 Å². The lowest BCUT2D eigenvalue weighted by atomic mass is 10.1. The summed E-state index contributed by atoms with van der Waals surface area (Å²) >= 11 is 7.12. The van der Waals surface area contributed by atoms with Crippen molar-refractivity contribution in [2.45, 2.75) is 19.0 Å². The highest BCUT2D eigenvalue weighted by Gasteiger charge is 2.15. The molecule has 0 spiro atoms. The first kappa shape index (κ1) is 18.3. The highest BCUT2D eigenvalue weighted by molar-refractivity contribution is 7.99. The lowest BCUT2D eigenvalue weighted by Crippen LogP contribution is -2.15. The smallest absolute Gasteiger partial charge is 0.234 e. The molecule has 1 heterocycles. The van der Waals surface area contributed by atoms with Gasteiger partial charge in [0.1, 0.15) is 5.82 Å². The number of carbonyl (C=O) groups is 1. The van der Waals surface area contributed by atoms with Crippen molar-refractivity contribution in [1.29, 1.82) is 0 Å². The SMILES string of the molecule is Cc1cccc(C)c1-n1nnnc1SCC(=O)Nc1ccc(F)cc1Cl. The van der Waals surface area contributed by atoms with Gasteiger partial charge in [-0.15, -0.1) is 5.10 Å². The lowest BCUT2D eigenvalue weighted by molar-refractivity contribution is -0.113. The number of hydrogen-bond acceptors (Lipinski definition) is 5. The molecule has 0 aliphatic heterocycles. The molecule has 1 amide bonds. The Kier molecular flexibility index (Phi) is 5.53. The molecule has 9 heteroatoms. The van der Waals surface area contributed by atoms with Crippen LogP contribution < -0.4 is 5.32 Å². The van der Waals surface area contributed by atoms with Crippen LogP contribution in [-0.4, -0.2) is 31.9 Å². The maximum absolute atomic E-state index is 13.1. The molecule has 0 saturated carbocycles. The second-order valence-electron chi connectivity index (χ2n) is 5.57. The molecule has 1 aromatic heterocycles. The number of hydrogen-bond donors (Lipinski definition) is 1. The fraction of sp³-hybridized carbons (Fsp3) is 0.176. The average Bonchev–Trinajstić information content (AvgIpc) is 3.04. The number of aryl methyl sites for hydroxylation is 2. The summed E-state index contributed by atoms with van der Waals surface area (Å²) in [5.74, 6) is -0.673. The van der Waals surface area contributed by atoms with E-state index < -0.39 is 5.82 Å². The van der Waals surface area contributed by atoms with Gasteiger partial charge in [0.25, 0.3) is 0 Å². The number of tetrazole rings is 1. The van der Waals surface area contributed by atoms with Gasteiger partial charge in [0.05, 0.1) is 22.2 Å². The minimum absolute atomic E-state index is 0.0823. The van der Waals surface area contributed by atoms with Crippen LogP contribution in [0, 0.1) is 19.7 Å². The van der Waals surface area contributed by atoms with Crippen LogP contribution in [0.5, 0.6) is 0 Å². The molecule has 26 heavy (non-hydrogen) atoms. The summed E-state index contributed by atoms with van der Waals surface area (Å²) in [6, 6.07) is 9.71. The van der Waals surface area contributed by atoms with Gasteiger partial charge in [0.15, 0.2) is 0 Å². The number of anilines is 1. The predicted molar refractivity (Wildman–Crippen MR) is 99.4 cm³/mol. The number of aromatic nitrogens is 4. The molecule has 1 N–H and O–H groups in total. The number of rotatable bonds is 5.